The van der Waals surface area contributed by atoms with E-state index >= 15 is 0 Å². The quantitative estimate of drug-likeness (QED) is 0.386. The number of anilines is 1. The first-order valence-corrected chi connectivity index (χ1v) is 11.8. The second-order valence-corrected chi connectivity index (χ2v) is 9.67. The Bertz CT molecular complexity index is 1560. The van der Waals surface area contributed by atoms with Crippen molar-refractivity contribution in [3.8, 4) is 17.2 Å². The Kier molecular flexibility index (Phi) is 5.96. The highest BCUT2D eigenvalue weighted by Crippen LogP contribution is 2.35. The van der Waals surface area contributed by atoms with E-state index in [2.05, 4.69) is 16.3 Å². The molecule has 2 aromatic carbocycles. The summed E-state index contributed by atoms with van der Waals surface area (Å²) in [5, 5.41) is -0.141. The lowest BCUT2D eigenvalue weighted by molar-refractivity contribution is 0.350. The molecule has 0 saturated heterocycles. The van der Waals surface area contributed by atoms with Crippen LogP contribution in [0.15, 0.2) is 70.9 Å². The van der Waals surface area contributed by atoms with E-state index in [1.54, 1.807) is 57.5 Å². The molecule has 0 bridgehead atoms. The molecule has 4 rings (SSSR count). The Morgan fingerprint density at radius 2 is 1.76 bits per heavy atom. The topological polar surface area (TPSA) is 109 Å². The van der Waals surface area contributed by atoms with Crippen molar-refractivity contribution >= 4 is 26.7 Å². The third-order valence-corrected chi connectivity index (χ3v) is 6.34. The summed E-state index contributed by atoms with van der Waals surface area (Å²) >= 11 is 0. The second-order valence-electron chi connectivity index (χ2n) is 8.04. The highest BCUT2D eigenvalue weighted by Gasteiger charge is 2.22. The number of imidazole rings is 2. The fourth-order valence-corrected chi connectivity index (χ4v) is 4.42. The van der Waals surface area contributed by atoms with Crippen LogP contribution in [0.5, 0.6) is 17.2 Å². The predicted molar refractivity (Wildman–Crippen MR) is 129 cm³/mol. The first-order chi connectivity index (χ1) is 16.0. The molecule has 2 aromatic heterocycles. The van der Waals surface area contributed by atoms with Crippen LogP contribution in [0.2, 0.25) is 0 Å². The van der Waals surface area contributed by atoms with Gasteiger partial charge in [-0.3, -0.25) is 13.9 Å². The van der Waals surface area contributed by atoms with Gasteiger partial charge in [0.15, 0.2) is 10.8 Å². The van der Waals surface area contributed by atoms with E-state index in [9.17, 15) is 13.2 Å². The van der Waals surface area contributed by atoms with Crippen molar-refractivity contribution in [2.24, 2.45) is 21.1 Å². The van der Waals surface area contributed by atoms with Gasteiger partial charge in [-0.2, -0.15) is 8.42 Å². The summed E-state index contributed by atoms with van der Waals surface area (Å²) in [6.07, 6.45) is 2.79. The number of hydrogen-bond acceptors (Lipinski definition) is 6. The average Bonchev–Trinajstić information content (AvgIpc) is 3.31. The zero-order valence-electron chi connectivity index (χ0n) is 19.3. The summed E-state index contributed by atoms with van der Waals surface area (Å²) < 4.78 is 44.7. The molecule has 0 aliphatic heterocycles. The second kappa shape index (κ2) is 8.75. The third kappa shape index (κ3) is 4.55. The molecule has 0 unspecified atom stereocenters. The number of ether oxygens (including phenoxy) is 2. The van der Waals surface area contributed by atoms with Crippen LogP contribution in [0, 0.1) is 0 Å². The smallest absolute Gasteiger partial charge is 0.328 e. The first kappa shape index (κ1) is 23.2. The number of nitrogens with one attached hydrogen (secondary N) is 1. The molecule has 178 valence electrons. The molecular weight excluding hydrogens is 458 g/mol. The summed E-state index contributed by atoms with van der Waals surface area (Å²) in [5.74, 6) is 1.22. The zero-order chi connectivity index (χ0) is 24.6. The van der Waals surface area contributed by atoms with Gasteiger partial charge in [0, 0.05) is 39.5 Å². The summed E-state index contributed by atoms with van der Waals surface area (Å²) in [7, 11) is 0.920. The Morgan fingerprint density at radius 3 is 2.41 bits per heavy atom. The van der Waals surface area contributed by atoms with E-state index in [1.165, 1.54) is 26.2 Å². The largest absolute Gasteiger partial charge is 0.489 e. The van der Waals surface area contributed by atoms with Crippen molar-refractivity contribution in [2.45, 2.75) is 11.9 Å². The monoisotopic (exact) mass is 483 g/mol. The van der Waals surface area contributed by atoms with Crippen LogP contribution in [0.3, 0.4) is 0 Å². The molecule has 0 amide bonds. The van der Waals surface area contributed by atoms with Gasteiger partial charge in [-0.25, -0.2) is 9.78 Å². The number of rotatable bonds is 8. The fourth-order valence-electron chi connectivity index (χ4n) is 3.38. The van der Waals surface area contributed by atoms with Crippen LogP contribution < -0.4 is 19.9 Å². The van der Waals surface area contributed by atoms with Gasteiger partial charge >= 0.3 is 5.69 Å². The van der Waals surface area contributed by atoms with Gasteiger partial charge in [0.25, 0.3) is 10.0 Å². The molecule has 0 radical (unpaired) electrons. The number of aromatic nitrogens is 4. The minimum Gasteiger partial charge on any atom is -0.489 e. The third-order valence-electron chi connectivity index (χ3n) is 5.09. The van der Waals surface area contributed by atoms with E-state index in [0.29, 0.717) is 29.1 Å². The molecule has 2 heterocycles. The van der Waals surface area contributed by atoms with Gasteiger partial charge in [0.1, 0.15) is 18.1 Å². The Hall–Kier alpha value is -3.99. The van der Waals surface area contributed by atoms with Crippen LogP contribution in [0.1, 0.15) is 6.92 Å². The van der Waals surface area contributed by atoms with Crippen LogP contribution >= 0.6 is 0 Å². The molecule has 0 fully saturated rings. The first-order valence-electron chi connectivity index (χ1n) is 10.3. The molecule has 11 heteroatoms. The Balaban J connectivity index is 1.78. The lowest BCUT2D eigenvalue weighted by atomic mass is 10.2. The summed E-state index contributed by atoms with van der Waals surface area (Å²) in [6, 6.07) is 10.1. The van der Waals surface area contributed by atoms with Crippen molar-refractivity contribution in [2.75, 3.05) is 11.3 Å². The van der Waals surface area contributed by atoms with Crippen molar-refractivity contribution in [3.63, 3.8) is 0 Å². The van der Waals surface area contributed by atoms with E-state index in [4.69, 9.17) is 9.47 Å². The average molecular weight is 484 g/mol. The zero-order valence-corrected chi connectivity index (χ0v) is 20.1. The number of hydrogen-bond donors (Lipinski definition) is 1. The van der Waals surface area contributed by atoms with Gasteiger partial charge in [-0.1, -0.05) is 12.6 Å². The maximum absolute atomic E-state index is 13.0. The number of aryl methyl sites for hydroxylation is 3. The minimum absolute atomic E-state index is 0.141. The SMILES string of the molecule is C=C(C)COc1cccc(Oc2cc3c(cc2NS(=O)(=O)c2cn(C)cn2)n(C)c(=O)n3C)c1. The molecule has 10 nitrogen and oxygen atoms in total. The maximum Gasteiger partial charge on any atom is 0.328 e. The van der Waals surface area contributed by atoms with E-state index in [1.807, 2.05) is 6.92 Å². The van der Waals surface area contributed by atoms with Crippen molar-refractivity contribution in [3.05, 3.63) is 71.6 Å². The van der Waals surface area contributed by atoms with E-state index < -0.39 is 10.0 Å². The van der Waals surface area contributed by atoms with Crippen LogP contribution in [-0.2, 0) is 31.2 Å². The fraction of sp³-hybridized carbons (Fsp3) is 0.217. The summed E-state index contributed by atoms with van der Waals surface area (Å²) in [4.78, 5) is 16.4. The number of sulfonamides is 1. The molecule has 0 aliphatic rings. The highest BCUT2D eigenvalue weighted by atomic mass is 32.2. The molecule has 0 aliphatic carbocycles. The number of nitrogens with zero attached hydrogens (tertiary/aromatic N) is 4. The summed E-state index contributed by atoms with van der Waals surface area (Å²) in [6.45, 7) is 6.04. The molecule has 4 aromatic rings. The Morgan fingerprint density at radius 1 is 1.09 bits per heavy atom. The molecular formula is C23H25N5O5S. The minimum atomic E-state index is -4.01. The van der Waals surface area contributed by atoms with Gasteiger partial charge in [-0.15, -0.1) is 0 Å². The Labute approximate surface area is 196 Å². The summed E-state index contributed by atoms with van der Waals surface area (Å²) in [5.41, 5.74) is 1.90. The van der Waals surface area contributed by atoms with Crippen LogP contribution in [-0.4, -0.2) is 33.7 Å². The van der Waals surface area contributed by atoms with Gasteiger partial charge < -0.3 is 14.0 Å². The predicted octanol–water partition coefficient (Wildman–Crippen LogP) is 3.16. The van der Waals surface area contributed by atoms with Crippen LogP contribution in [0.4, 0.5) is 5.69 Å². The van der Waals surface area contributed by atoms with Crippen molar-refractivity contribution in [1.29, 1.82) is 0 Å². The molecule has 0 spiro atoms. The van der Waals surface area contributed by atoms with Gasteiger partial charge in [0.05, 0.1) is 23.0 Å². The molecule has 34 heavy (non-hydrogen) atoms. The standard InChI is InChI=1S/C23H25N5O5S/c1-15(2)13-32-16-7-6-8-17(9-16)33-21-11-20-19(27(4)23(29)28(20)5)10-18(21)25-34(30,31)22-12-26(3)14-24-22/h6-12,14,25H,1,13H2,2-5H3. The van der Waals surface area contributed by atoms with Crippen LogP contribution in [0.25, 0.3) is 11.0 Å². The van der Waals surface area contributed by atoms with Crippen molar-refractivity contribution in [1.82, 2.24) is 18.7 Å². The molecule has 0 atom stereocenters. The number of fused-ring (bicyclic) bond motifs is 1. The normalized spacial score (nSPS) is 11.5. The van der Waals surface area contributed by atoms with E-state index in [-0.39, 0.29) is 22.2 Å². The van der Waals surface area contributed by atoms with Crippen molar-refractivity contribution < 1.29 is 17.9 Å². The molecule has 0 saturated carbocycles. The van der Waals surface area contributed by atoms with E-state index in [0.717, 1.165) is 5.57 Å². The highest BCUT2D eigenvalue weighted by molar-refractivity contribution is 7.92. The lowest BCUT2D eigenvalue weighted by Crippen LogP contribution is -2.19. The lowest BCUT2D eigenvalue weighted by Gasteiger charge is -2.14. The van der Waals surface area contributed by atoms with Gasteiger partial charge in [0.2, 0.25) is 0 Å². The molecule has 1 N–H and O–H groups in total. The number of benzene rings is 2. The van der Waals surface area contributed by atoms with Gasteiger partial charge in [-0.05, 0) is 30.7 Å². The maximum atomic E-state index is 13.0.